The maximum Gasteiger partial charge on any atom is 0.254 e. The Labute approximate surface area is 158 Å². The van der Waals surface area contributed by atoms with E-state index in [1.165, 1.54) is 0 Å². The lowest BCUT2D eigenvalue weighted by molar-refractivity contribution is -0.139. The van der Waals surface area contributed by atoms with Gasteiger partial charge in [-0.05, 0) is 43.5 Å². The largest absolute Gasteiger partial charge is 0.497 e. The number of benzene rings is 1. The van der Waals surface area contributed by atoms with Crippen molar-refractivity contribution in [1.82, 2.24) is 9.47 Å². The van der Waals surface area contributed by atoms with E-state index in [2.05, 4.69) is 0 Å². The zero-order valence-corrected chi connectivity index (χ0v) is 15.7. The Hall–Kier alpha value is -2.76. The number of carbonyl (C=O) groups excluding carboxylic acids is 1. The minimum Gasteiger partial charge on any atom is -0.497 e. The molecule has 0 unspecified atom stereocenters. The molecule has 4 rings (SSSR count). The summed E-state index contributed by atoms with van der Waals surface area (Å²) < 4.78 is 12.9. The van der Waals surface area contributed by atoms with E-state index in [1.807, 2.05) is 41.8 Å². The van der Waals surface area contributed by atoms with E-state index in [0.29, 0.717) is 31.3 Å². The second kappa shape index (κ2) is 7.10. The summed E-state index contributed by atoms with van der Waals surface area (Å²) in [5.41, 5.74) is 1.90. The van der Waals surface area contributed by atoms with Crippen molar-refractivity contribution in [3.8, 4) is 11.5 Å². The smallest absolute Gasteiger partial charge is 0.254 e. The molecule has 1 aliphatic heterocycles. The molecular weight excluding hydrogens is 344 g/mol. The van der Waals surface area contributed by atoms with Gasteiger partial charge in [0.2, 0.25) is 5.91 Å². The molecule has 1 saturated carbocycles. The van der Waals surface area contributed by atoms with Gasteiger partial charge in [-0.25, -0.2) is 0 Å². The molecule has 1 amide bonds. The molecule has 1 aromatic heterocycles. The normalized spacial score (nSPS) is 16.7. The highest BCUT2D eigenvalue weighted by Crippen LogP contribution is 2.35. The van der Waals surface area contributed by atoms with Crippen molar-refractivity contribution in [2.75, 3.05) is 20.2 Å². The maximum atomic E-state index is 12.4. The van der Waals surface area contributed by atoms with Crippen molar-refractivity contribution in [3.05, 3.63) is 58.0 Å². The standard InChI is InChI=1S/C21H24N2O4/c1-14-9-18(11-21(25)23(14)16-5-6-16)27-19-12-22(13-19)20(24)10-15-3-7-17(26-2)8-4-15/h3-4,7-9,11,16,19H,5-6,10,12-13H2,1-2H3. The summed E-state index contributed by atoms with van der Waals surface area (Å²) in [5.74, 6) is 1.46. The number of aromatic nitrogens is 1. The average molecular weight is 368 g/mol. The zero-order valence-electron chi connectivity index (χ0n) is 15.7. The van der Waals surface area contributed by atoms with Gasteiger partial charge in [0.25, 0.3) is 5.56 Å². The van der Waals surface area contributed by atoms with Gasteiger partial charge in [-0.2, -0.15) is 0 Å². The molecule has 0 spiro atoms. The monoisotopic (exact) mass is 368 g/mol. The van der Waals surface area contributed by atoms with Crippen LogP contribution in [0.4, 0.5) is 0 Å². The van der Waals surface area contributed by atoms with Crippen LogP contribution in [0, 0.1) is 6.92 Å². The van der Waals surface area contributed by atoms with Gasteiger partial charge in [0.05, 0.1) is 26.6 Å². The van der Waals surface area contributed by atoms with Gasteiger partial charge in [-0.1, -0.05) is 12.1 Å². The summed E-state index contributed by atoms with van der Waals surface area (Å²) in [6.07, 6.45) is 2.47. The minimum absolute atomic E-state index is 0.000684. The molecule has 0 bridgehead atoms. The minimum atomic E-state index is -0.0552. The number of methoxy groups -OCH3 is 1. The molecule has 6 nitrogen and oxygen atoms in total. The first-order chi connectivity index (χ1) is 13.0. The van der Waals surface area contributed by atoms with Gasteiger partial charge < -0.3 is 18.9 Å². The Morgan fingerprint density at radius 1 is 1.11 bits per heavy atom. The summed E-state index contributed by atoms with van der Waals surface area (Å²) in [7, 11) is 1.62. The predicted molar refractivity (Wildman–Crippen MR) is 101 cm³/mol. The van der Waals surface area contributed by atoms with Crippen molar-refractivity contribution >= 4 is 5.91 Å². The topological polar surface area (TPSA) is 60.8 Å². The van der Waals surface area contributed by atoms with E-state index in [9.17, 15) is 9.59 Å². The van der Waals surface area contributed by atoms with Gasteiger partial charge in [0.15, 0.2) is 0 Å². The lowest BCUT2D eigenvalue weighted by Gasteiger charge is -2.39. The third kappa shape index (κ3) is 3.84. The highest BCUT2D eigenvalue weighted by Gasteiger charge is 2.32. The number of aryl methyl sites for hydroxylation is 1. The number of hydrogen-bond acceptors (Lipinski definition) is 4. The maximum absolute atomic E-state index is 12.4. The molecule has 142 valence electrons. The first-order valence-corrected chi connectivity index (χ1v) is 9.34. The molecule has 6 heteroatoms. The van der Waals surface area contributed by atoms with Crippen molar-refractivity contribution in [2.45, 2.75) is 38.3 Å². The van der Waals surface area contributed by atoms with Crippen LogP contribution in [0.25, 0.3) is 0 Å². The molecule has 0 N–H and O–H groups in total. The lowest BCUT2D eigenvalue weighted by atomic mass is 10.1. The Morgan fingerprint density at radius 3 is 2.41 bits per heavy atom. The average Bonchev–Trinajstić information content (AvgIpc) is 3.42. The number of amides is 1. The van der Waals surface area contributed by atoms with Gasteiger partial charge in [-0.15, -0.1) is 0 Å². The van der Waals surface area contributed by atoms with Crippen LogP contribution in [0.5, 0.6) is 11.5 Å². The third-order valence-electron chi connectivity index (χ3n) is 5.16. The second-order valence-corrected chi connectivity index (χ2v) is 7.34. The second-order valence-electron chi connectivity index (χ2n) is 7.34. The van der Waals surface area contributed by atoms with Crippen molar-refractivity contribution < 1.29 is 14.3 Å². The molecule has 2 fully saturated rings. The lowest BCUT2D eigenvalue weighted by Crippen LogP contribution is -2.56. The van der Waals surface area contributed by atoms with Crippen LogP contribution in [-0.4, -0.2) is 41.7 Å². The highest BCUT2D eigenvalue weighted by molar-refractivity contribution is 5.79. The van der Waals surface area contributed by atoms with E-state index in [-0.39, 0.29) is 17.6 Å². The molecule has 2 aromatic rings. The zero-order chi connectivity index (χ0) is 19.0. The first kappa shape index (κ1) is 17.6. The number of likely N-dealkylation sites (tertiary alicyclic amines) is 1. The van der Waals surface area contributed by atoms with Crippen LogP contribution in [0.1, 0.15) is 30.1 Å². The van der Waals surface area contributed by atoms with Crippen molar-refractivity contribution in [3.63, 3.8) is 0 Å². The Morgan fingerprint density at radius 2 is 1.81 bits per heavy atom. The molecule has 1 aromatic carbocycles. The number of rotatable bonds is 6. The first-order valence-electron chi connectivity index (χ1n) is 9.34. The van der Waals surface area contributed by atoms with Crippen LogP contribution in [-0.2, 0) is 11.2 Å². The van der Waals surface area contributed by atoms with Crippen LogP contribution < -0.4 is 15.0 Å². The predicted octanol–water partition coefficient (Wildman–Crippen LogP) is 2.33. The number of carbonyl (C=O) groups is 1. The Kier molecular flexibility index (Phi) is 4.64. The summed E-state index contributed by atoms with van der Waals surface area (Å²) in [4.78, 5) is 26.4. The van der Waals surface area contributed by atoms with Gasteiger partial charge in [0.1, 0.15) is 17.6 Å². The molecule has 27 heavy (non-hydrogen) atoms. The fourth-order valence-electron chi connectivity index (χ4n) is 3.49. The SMILES string of the molecule is COc1ccc(CC(=O)N2CC(Oc3cc(C)n(C4CC4)c(=O)c3)C2)cc1. The highest BCUT2D eigenvalue weighted by atomic mass is 16.5. The molecular formula is C21H24N2O4. The van der Waals surface area contributed by atoms with E-state index in [4.69, 9.17) is 9.47 Å². The van der Waals surface area contributed by atoms with E-state index in [1.54, 1.807) is 18.1 Å². The summed E-state index contributed by atoms with van der Waals surface area (Å²) in [6, 6.07) is 11.4. The molecule has 1 aliphatic carbocycles. The Balaban J connectivity index is 1.30. The number of ether oxygens (including phenoxy) is 2. The van der Waals surface area contributed by atoms with E-state index >= 15 is 0 Å². The fourth-order valence-corrected chi connectivity index (χ4v) is 3.49. The van der Waals surface area contributed by atoms with E-state index in [0.717, 1.165) is 29.8 Å². The quantitative estimate of drug-likeness (QED) is 0.785. The van der Waals surface area contributed by atoms with Gasteiger partial charge in [0, 0.05) is 17.8 Å². The molecule has 1 saturated heterocycles. The number of hydrogen-bond donors (Lipinski definition) is 0. The molecule has 0 atom stereocenters. The van der Waals surface area contributed by atoms with Crippen LogP contribution >= 0.6 is 0 Å². The van der Waals surface area contributed by atoms with Crippen LogP contribution in [0.3, 0.4) is 0 Å². The number of nitrogens with zero attached hydrogens (tertiary/aromatic N) is 2. The molecule has 0 radical (unpaired) electrons. The Bertz CT molecular complexity index is 893. The molecule has 2 aliphatic rings. The third-order valence-corrected chi connectivity index (χ3v) is 5.16. The van der Waals surface area contributed by atoms with Crippen LogP contribution in [0.15, 0.2) is 41.2 Å². The van der Waals surface area contributed by atoms with E-state index < -0.39 is 0 Å². The summed E-state index contributed by atoms with van der Waals surface area (Å²) >= 11 is 0. The van der Waals surface area contributed by atoms with Crippen molar-refractivity contribution in [2.24, 2.45) is 0 Å². The van der Waals surface area contributed by atoms with Gasteiger partial charge >= 0.3 is 0 Å². The van der Waals surface area contributed by atoms with Gasteiger partial charge in [-0.3, -0.25) is 9.59 Å². The summed E-state index contributed by atoms with van der Waals surface area (Å²) in [5, 5.41) is 0. The summed E-state index contributed by atoms with van der Waals surface area (Å²) in [6.45, 7) is 3.05. The fraction of sp³-hybridized carbons (Fsp3) is 0.429. The van der Waals surface area contributed by atoms with Crippen LogP contribution in [0.2, 0.25) is 0 Å². The number of pyridine rings is 1. The van der Waals surface area contributed by atoms with Crippen molar-refractivity contribution in [1.29, 1.82) is 0 Å². The molecule has 2 heterocycles.